The number of carbonyl (C=O) groups is 2. The number of alkyl halides is 3. The molecule has 2 aliphatic carbocycles. The van der Waals surface area contributed by atoms with Crippen molar-refractivity contribution in [3.63, 3.8) is 0 Å². The fraction of sp³-hybridized carbons (Fsp3) is 0.600. The molecule has 44 heavy (non-hydrogen) atoms. The van der Waals surface area contributed by atoms with Gasteiger partial charge in [-0.25, -0.2) is 9.59 Å². The largest absolute Gasteiger partial charge is 0.432 e. The Morgan fingerprint density at radius 3 is 2.45 bits per heavy atom. The summed E-state index contributed by atoms with van der Waals surface area (Å²) in [5.74, 6) is -1.41. The van der Waals surface area contributed by atoms with Crippen LogP contribution in [0.25, 0.3) is 0 Å². The van der Waals surface area contributed by atoms with Crippen LogP contribution in [-0.2, 0) is 34.1 Å². The lowest BCUT2D eigenvalue weighted by atomic mass is 9.52. The smallest absolute Gasteiger partial charge is 0.418 e. The van der Waals surface area contributed by atoms with Gasteiger partial charge in [0.15, 0.2) is 0 Å². The summed E-state index contributed by atoms with van der Waals surface area (Å²) in [6, 6.07) is 6.52. The lowest BCUT2D eigenvalue weighted by Crippen LogP contribution is -2.52. The Kier molecular flexibility index (Phi) is 8.95. The van der Waals surface area contributed by atoms with E-state index < -0.39 is 41.7 Å². The molecule has 5 rings (SSSR count). The maximum atomic E-state index is 14.4. The number of cyclic esters (lactones) is 1. The number of rotatable bonds is 8. The molecule has 0 amide bonds. The summed E-state index contributed by atoms with van der Waals surface area (Å²) in [6.45, 7) is 9.85. The van der Waals surface area contributed by atoms with Gasteiger partial charge in [0.25, 0.3) is 11.9 Å². The van der Waals surface area contributed by atoms with Gasteiger partial charge in [0.05, 0.1) is 12.7 Å². The molecule has 240 valence electrons. The second kappa shape index (κ2) is 12.1. The highest BCUT2D eigenvalue weighted by Gasteiger charge is 2.65. The average Bonchev–Trinajstić information content (AvgIpc) is 3.34. The first-order valence-corrected chi connectivity index (χ1v) is 15.5. The predicted molar refractivity (Wildman–Crippen MR) is 158 cm³/mol. The number of ether oxygens (including phenoxy) is 4. The van der Waals surface area contributed by atoms with Gasteiger partial charge in [-0.1, -0.05) is 82.2 Å². The van der Waals surface area contributed by atoms with E-state index in [1.54, 1.807) is 5.57 Å². The molecule has 1 aromatic rings. The normalized spacial score (nSPS) is 31.5. The van der Waals surface area contributed by atoms with Crippen LogP contribution in [0.2, 0.25) is 0 Å². The number of hydrogen-bond donors (Lipinski definition) is 0. The van der Waals surface area contributed by atoms with E-state index in [-0.39, 0.29) is 16.4 Å². The summed E-state index contributed by atoms with van der Waals surface area (Å²) in [7, 11) is 0.788. The van der Waals surface area contributed by atoms with Crippen LogP contribution < -0.4 is 0 Å². The zero-order valence-electron chi connectivity index (χ0n) is 26.2. The number of fused-ring (bicyclic) bond motifs is 1. The van der Waals surface area contributed by atoms with E-state index in [4.69, 9.17) is 18.9 Å². The van der Waals surface area contributed by atoms with E-state index in [1.807, 2.05) is 0 Å². The molecule has 0 spiro atoms. The quantitative estimate of drug-likeness (QED) is 0.220. The van der Waals surface area contributed by atoms with Crippen LogP contribution in [0, 0.1) is 22.7 Å². The highest BCUT2D eigenvalue weighted by molar-refractivity contribution is 5.87. The lowest BCUT2D eigenvalue weighted by molar-refractivity contribution is -0.281. The molecule has 1 fully saturated rings. The molecular weight excluding hydrogens is 573 g/mol. The Labute approximate surface area is 257 Å². The third kappa shape index (κ3) is 5.78. The van der Waals surface area contributed by atoms with Gasteiger partial charge in [-0.2, -0.15) is 13.2 Å². The SMILES string of the molecule is CO[C@](C(=O)O[C@@H]1OC(=O)C=C1[C@H]1CC=C(CC[C@@]2(C)[C@@H](C)CC=C3[C@@H]2CCCC3(C)C)CO1)(c1ccccc1)C(F)(F)F. The van der Waals surface area contributed by atoms with Crippen molar-refractivity contribution in [1.29, 1.82) is 0 Å². The van der Waals surface area contributed by atoms with Gasteiger partial charge in [-0.3, -0.25) is 0 Å². The average molecular weight is 617 g/mol. The van der Waals surface area contributed by atoms with E-state index in [1.165, 1.54) is 37.5 Å². The summed E-state index contributed by atoms with van der Waals surface area (Å²) >= 11 is 0. The van der Waals surface area contributed by atoms with Crippen LogP contribution in [0.3, 0.4) is 0 Å². The number of carbonyl (C=O) groups excluding carboxylic acids is 2. The summed E-state index contributed by atoms with van der Waals surface area (Å²) < 4.78 is 64.4. The summed E-state index contributed by atoms with van der Waals surface area (Å²) in [6.07, 6.45) is 5.30. The number of benzene rings is 1. The highest BCUT2D eigenvalue weighted by atomic mass is 19.4. The first-order chi connectivity index (χ1) is 20.7. The summed E-state index contributed by atoms with van der Waals surface area (Å²) in [4.78, 5) is 25.4. The number of esters is 2. The Bertz CT molecular complexity index is 1350. The van der Waals surface area contributed by atoms with Crippen molar-refractivity contribution >= 4 is 11.9 Å². The monoisotopic (exact) mass is 616 g/mol. The van der Waals surface area contributed by atoms with Crippen molar-refractivity contribution in [1.82, 2.24) is 0 Å². The summed E-state index contributed by atoms with van der Waals surface area (Å²) in [5, 5.41) is 0. The predicted octanol–water partition coefficient (Wildman–Crippen LogP) is 7.74. The molecule has 0 aromatic heterocycles. The third-order valence-electron chi connectivity index (χ3n) is 10.7. The molecule has 6 nitrogen and oxygen atoms in total. The van der Waals surface area contributed by atoms with Crippen LogP contribution in [0.1, 0.15) is 78.2 Å². The first-order valence-electron chi connectivity index (χ1n) is 15.5. The van der Waals surface area contributed by atoms with Crippen LogP contribution in [0.4, 0.5) is 13.2 Å². The van der Waals surface area contributed by atoms with E-state index in [2.05, 4.69) is 39.8 Å². The summed E-state index contributed by atoms with van der Waals surface area (Å²) in [5.41, 5.74) is -0.486. The molecule has 0 radical (unpaired) electrons. The van der Waals surface area contributed by atoms with Gasteiger partial charge in [0.2, 0.25) is 0 Å². The maximum absolute atomic E-state index is 14.4. The van der Waals surface area contributed by atoms with Gasteiger partial charge in [0, 0.05) is 24.3 Å². The molecule has 0 bridgehead atoms. The fourth-order valence-electron chi connectivity index (χ4n) is 7.72. The molecule has 9 heteroatoms. The maximum Gasteiger partial charge on any atom is 0.432 e. The minimum atomic E-state index is -5.15. The van der Waals surface area contributed by atoms with Crippen molar-refractivity contribution in [3.8, 4) is 0 Å². The zero-order valence-corrected chi connectivity index (χ0v) is 26.2. The van der Waals surface area contributed by atoms with Gasteiger partial charge < -0.3 is 18.9 Å². The Morgan fingerprint density at radius 2 is 1.82 bits per heavy atom. The minimum Gasteiger partial charge on any atom is -0.418 e. The van der Waals surface area contributed by atoms with Crippen LogP contribution in [0.5, 0.6) is 0 Å². The molecule has 2 heterocycles. The van der Waals surface area contributed by atoms with E-state index in [0.29, 0.717) is 24.9 Å². The fourth-order valence-corrected chi connectivity index (χ4v) is 7.72. The third-order valence-corrected chi connectivity index (χ3v) is 10.7. The highest BCUT2D eigenvalue weighted by Crippen LogP contribution is 2.58. The van der Waals surface area contributed by atoms with Crippen molar-refractivity contribution in [2.24, 2.45) is 22.7 Å². The second-order valence-corrected chi connectivity index (χ2v) is 13.6. The zero-order chi connectivity index (χ0) is 31.9. The number of halogens is 3. The Balaban J connectivity index is 1.26. The van der Waals surface area contributed by atoms with Crippen LogP contribution >= 0.6 is 0 Å². The van der Waals surface area contributed by atoms with Gasteiger partial charge >= 0.3 is 18.1 Å². The van der Waals surface area contributed by atoms with Crippen LogP contribution in [0.15, 0.2) is 65.3 Å². The van der Waals surface area contributed by atoms with Gasteiger partial charge in [-0.05, 0) is 66.8 Å². The van der Waals surface area contributed by atoms with Gasteiger partial charge in [-0.15, -0.1) is 0 Å². The molecule has 4 aliphatic rings. The van der Waals surface area contributed by atoms with E-state index in [0.717, 1.165) is 50.2 Å². The van der Waals surface area contributed by atoms with Crippen molar-refractivity contribution < 1.29 is 41.7 Å². The first kappa shape index (κ1) is 32.5. The molecule has 2 aliphatic heterocycles. The minimum absolute atomic E-state index is 0.172. The Morgan fingerprint density at radius 1 is 1.09 bits per heavy atom. The topological polar surface area (TPSA) is 71.1 Å². The molecule has 0 N–H and O–H groups in total. The molecule has 6 atom stereocenters. The number of allylic oxidation sites excluding steroid dienone is 2. The molecular formula is C35H43F3O6. The molecule has 1 aromatic carbocycles. The standard InChI is InChI=1S/C35H43F3O6/c1-22-13-15-26-27(12-9-18-32(26,2)3)33(22,4)19-17-23-14-16-28(42-21-23)25-20-29(39)43-30(25)44-31(40)34(41-5,35(36,37)38)24-10-7-6-8-11-24/h6-8,10-11,14-15,20,22,27-28,30H,9,12-13,16-19,21H2,1-5H3/t22-,27-,28+,30-,33-,34-/m0/s1. The van der Waals surface area contributed by atoms with Crippen molar-refractivity contribution in [2.45, 2.75) is 96.8 Å². The van der Waals surface area contributed by atoms with Gasteiger partial charge in [0.1, 0.15) is 0 Å². The van der Waals surface area contributed by atoms with E-state index >= 15 is 0 Å². The molecule has 0 unspecified atom stereocenters. The Hall–Kier alpha value is -2.91. The van der Waals surface area contributed by atoms with Crippen molar-refractivity contribution in [2.75, 3.05) is 13.7 Å². The van der Waals surface area contributed by atoms with Crippen molar-refractivity contribution in [3.05, 3.63) is 70.8 Å². The molecule has 1 saturated carbocycles. The molecule has 0 saturated heterocycles. The number of hydrogen-bond acceptors (Lipinski definition) is 6. The lowest BCUT2D eigenvalue weighted by Gasteiger charge is -2.53. The second-order valence-electron chi connectivity index (χ2n) is 13.6. The van der Waals surface area contributed by atoms with Crippen LogP contribution in [-0.4, -0.2) is 44.2 Å². The van der Waals surface area contributed by atoms with E-state index in [9.17, 15) is 22.8 Å². The number of methoxy groups -OCH3 is 1.